The minimum Gasteiger partial charge on any atom is -1.00 e. The zero-order chi connectivity index (χ0) is 25.2. The second kappa shape index (κ2) is 17.2. The fourth-order valence-electron chi connectivity index (χ4n) is 3.93. The number of aromatic nitrogens is 3. The molecule has 9 nitrogen and oxygen atoms in total. The van der Waals surface area contributed by atoms with Gasteiger partial charge in [0.05, 0.1) is 18.6 Å². The summed E-state index contributed by atoms with van der Waals surface area (Å²) in [4.78, 5) is 0. The molecule has 1 aromatic carbocycles. The predicted molar refractivity (Wildman–Crippen MR) is 132 cm³/mol. The standard InChI is InChI=1S/C27H24N6O3.3BrH/c34-28-16-22-1-7-31(8-2-22)19-25-13-26(20-32-9-3-23(4-10-32)17-29-35)15-27(14-25)21-33-11-5-24(6-12-33)18-30-36;;;/h1-18H,19-21H2;3*1H. The predicted octanol–water partition coefficient (Wildman–Crippen LogP) is -6.87. The van der Waals surface area contributed by atoms with Crippen LogP contribution in [0.25, 0.3) is 0 Å². The number of oxime groups is 3. The molecule has 0 saturated heterocycles. The third-order valence-corrected chi connectivity index (χ3v) is 5.58. The number of hydrogen-bond donors (Lipinski definition) is 3. The highest BCUT2D eigenvalue weighted by Crippen LogP contribution is 2.11. The summed E-state index contributed by atoms with van der Waals surface area (Å²) in [6.45, 7) is 2.06. The van der Waals surface area contributed by atoms with Crippen molar-refractivity contribution in [3.8, 4) is 0 Å². The van der Waals surface area contributed by atoms with Gasteiger partial charge in [0.1, 0.15) is 0 Å². The molecule has 0 aliphatic carbocycles. The second-order valence-corrected chi connectivity index (χ2v) is 8.30. The molecule has 3 heterocycles. The topological polar surface area (TPSA) is 109 Å². The van der Waals surface area contributed by atoms with Crippen molar-refractivity contribution in [2.45, 2.75) is 19.6 Å². The maximum absolute atomic E-state index is 8.73. The van der Waals surface area contributed by atoms with Crippen molar-refractivity contribution in [2.75, 3.05) is 0 Å². The molecule has 3 aromatic heterocycles. The molecule has 0 aliphatic heterocycles. The molecule has 204 valence electrons. The van der Waals surface area contributed by atoms with Crippen LogP contribution in [0.1, 0.15) is 33.4 Å². The van der Waals surface area contributed by atoms with Crippen LogP contribution in [0, 0.1) is 0 Å². The van der Waals surface area contributed by atoms with E-state index in [0.717, 1.165) is 33.4 Å². The van der Waals surface area contributed by atoms with E-state index in [-0.39, 0.29) is 50.9 Å². The summed E-state index contributed by atoms with van der Waals surface area (Å²) in [6.07, 6.45) is 15.9. The van der Waals surface area contributed by atoms with Crippen molar-refractivity contribution in [1.29, 1.82) is 0 Å². The molecule has 3 N–H and O–H groups in total. The van der Waals surface area contributed by atoms with Gasteiger partial charge in [-0.25, -0.2) is 13.7 Å². The van der Waals surface area contributed by atoms with Gasteiger partial charge < -0.3 is 66.6 Å². The highest BCUT2D eigenvalue weighted by molar-refractivity contribution is 5.79. The first-order valence-corrected chi connectivity index (χ1v) is 11.3. The Morgan fingerprint density at radius 2 is 0.692 bits per heavy atom. The van der Waals surface area contributed by atoms with Gasteiger partial charge in [0.25, 0.3) is 0 Å². The van der Waals surface area contributed by atoms with Crippen molar-refractivity contribution >= 4 is 18.6 Å². The van der Waals surface area contributed by atoms with Crippen molar-refractivity contribution in [2.24, 2.45) is 15.5 Å². The van der Waals surface area contributed by atoms with Gasteiger partial charge in [-0.05, 0) is 18.2 Å². The molecule has 0 unspecified atom stereocenters. The lowest BCUT2D eigenvalue weighted by Gasteiger charge is -2.06. The van der Waals surface area contributed by atoms with Crippen molar-refractivity contribution in [3.05, 3.63) is 125 Å². The molecule has 4 aromatic rings. The number of benzene rings is 1. The van der Waals surface area contributed by atoms with Gasteiger partial charge in [-0.15, -0.1) is 0 Å². The molecule has 0 radical (unpaired) electrons. The number of pyridine rings is 3. The van der Waals surface area contributed by atoms with Crippen molar-refractivity contribution in [1.82, 2.24) is 0 Å². The van der Waals surface area contributed by atoms with E-state index >= 15 is 0 Å². The van der Waals surface area contributed by atoms with E-state index in [4.69, 9.17) is 15.6 Å². The van der Waals surface area contributed by atoms with E-state index in [1.807, 2.05) is 73.6 Å². The Balaban J connectivity index is 0.00000253. The van der Waals surface area contributed by atoms with Crippen LogP contribution in [0.2, 0.25) is 0 Å². The molecule has 39 heavy (non-hydrogen) atoms. The van der Waals surface area contributed by atoms with E-state index in [1.165, 1.54) is 18.6 Å². The highest BCUT2D eigenvalue weighted by Gasteiger charge is 2.12. The first kappa shape index (κ1) is 33.5. The number of hydrogen-bond acceptors (Lipinski definition) is 6. The average molecular weight is 723 g/mol. The van der Waals surface area contributed by atoms with Gasteiger partial charge in [0.15, 0.2) is 56.8 Å². The first-order valence-electron chi connectivity index (χ1n) is 11.3. The molecule has 0 saturated carbocycles. The Kier molecular flexibility index (Phi) is 14.8. The Hall–Kier alpha value is -3.48. The average Bonchev–Trinajstić information content (AvgIpc) is 2.88. The molecule has 0 fully saturated rings. The maximum atomic E-state index is 8.73. The molecule has 4 rings (SSSR count). The quantitative estimate of drug-likeness (QED) is 0.0693. The molecule has 12 heteroatoms. The van der Waals surface area contributed by atoms with Gasteiger partial charge in [-0.2, -0.15) is 0 Å². The summed E-state index contributed by atoms with van der Waals surface area (Å²) >= 11 is 0. The minimum absolute atomic E-state index is 0. The monoisotopic (exact) mass is 720 g/mol. The van der Waals surface area contributed by atoms with Gasteiger partial charge in [0.2, 0.25) is 0 Å². The van der Waals surface area contributed by atoms with Gasteiger partial charge in [-0.1, -0.05) is 15.5 Å². The SMILES string of the molecule is ON=Cc1cc[n+](Cc2cc(C[n+]3ccc(C=NO)cc3)cc(C[n+]3ccc(C=NO)cc3)c2)cc1.[Br-].[Br-].[Br-]. The zero-order valence-electron chi connectivity index (χ0n) is 20.7. The molecular formula is C27H27Br3N6O3. The van der Waals surface area contributed by atoms with E-state index < -0.39 is 0 Å². The van der Waals surface area contributed by atoms with Gasteiger partial charge in [-0.3, -0.25) is 0 Å². The Labute approximate surface area is 258 Å². The minimum atomic E-state index is 0. The van der Waals surface area contributed by atoms with Gasteiger partial charge in [0, 0.05) is 69.8 Å². The normalized spacial score (nSPS) is 10.8. The van der Waals surface area contributed by atoms with E-state index in [1.54, 1.807) is 0 Å². The number of rotatable bonds is 9. The lowest BCUT2D eigenvalue weighted by Crippen LogP contribution is -3.00. The van der Waals surface area contributed by atoms with Crippen molar-refractivity contribution in [3.63, 3.8) is 0 Å². The lowest BCUT2D eigenvalue weighted by molar-refractivity contribution is -0.690. The largest absolute Gasteiger partial charge is 1.00 e. The summed E-state index contributed by atoms with van der Waals surface area (Å²) in [5, 5.41) is 35.4. The van der Waals surface area contributed by atoms with Crippen LogP contribution in [0.3, 0.4) is 0 Å². The molecular weight excluding hydrogens is 696 g/mol. The maximum Gasteiger partial charge on any atom is 0.173 e. The van der Waals surface area contributed by atoms with Crippen LogP contribution < -0.4 is 64.6 Å². The number of nitrogens with zero attached hydrogens (tertiary/aromatic N) is 6. The smallest absolute Gasteiger partial charge is 0.173 e. The van der Waals surface area contributed by atoms with E-state index in [2.05, 4.69) is 47.4 Å². The van der Waals surface area contributed by atoms with E-state index in [9.17, 15) is 0 Å². The Morgan fingerprint density at radius 3 is 0.897 bits per heavy atom. The summed E-state index contributed by atoms with van der Waals surface area (Å²) in [6, 6.07) is 17.9. The van der Waals surface area contributed by atoms with E-state index in [0.29, 0.717) is 19.6 Å². The lowest BCUT2D eigenvalue weighted by atomic mass is 10.0. The van der Waals surface area contributed by atoms with Gasteiger partial charge >= 0.3 is 0 Å². The summed E-state index contributed by atoms with van der Waals surface area (Å²) < 4.78 is 6.22. The van der Waals surface area contributed by atoms with Crippen molar-refractivity contribution < 1.29 is 80.3 Å². The molecule has 0 aliphatic rings. The zero-order valence-corrected chi connectivity index (χ0v) is 25.4. The van der Waals surface area contributed by atoms with Crippen LogP contribution in [0.15, 0.2) is 107 Å². The number of halogens is 3. The molecule has 0 spiro atoms. The summed E-state index contributed by atoms with van der Waals surface area (Å²) in [5.74, 6) is 0. The summed E-state index contributed by atoms with van der Waals surface area (Å²) in [5.41, 5.74) is 5.93. The van der Waals surface area contributed by atoms with Crippen LogP contribution in [-0.4, -0.2) is 34.3 Å². The van der Waals surface area contributed by atoms with Crippen LogP contribution in [-0.2, 0) is 19.6 Å². The summed E-state index contributed by atoms with van der Waals surface area (Å²) in [7, 11) is 0. The fourth-order valence-corrected chi connectivity index (χ4v) is 3.93. The van der Waals surface area contributed by atoms with Crippen LogP contribution in [0.5, 0.6) is 0 Å². The van der Waals surface area contributed by atoms with Crippen LogP contribution in [0.4, 0.5) is 0 Å². The second-order valence-electron chi connectivity index (χ2n) is 8.30. The fraction of sp³-hybridized carbons (Fsp3) is 0.111. The molecule has 0 amide bonds. The van der Waals surface area contributed by atoms with Crippen LogP contribution >= 0.6 is 0 Å². The highest BCUT2D eigenvalue weighted by atomic mass is 79.9. The molecule has 0 bridgehead atoms. The Bertz CT molecular complexity index is 1200. The third-order valence-electron chi connectivity index (χ3n) is 5.58. The first-order chi connectivity index (χ1) is 17.6. The molecule has 0 atom stereocenters. The third kappa shape index (κ3) is 10.3. The Morgan fingerprint density at radius 1 is 0.462 bits per heavy atom.